The SMILES string of the molecule is CC(c1nc2cccc(F)c2c(=O)n1-c1cccnc1)N(C(=O)O)C(C)(C)C. The standard InChI is InChI=1S/C20H21FN4O3/c1-12(25(19(27)28)20(2,3)4)17-23-15-9-5-8-14(21)16(15)18(26)24(17)13-7-6-10-22-11-13/h5-12H,1-4H3,(H,27,28). The fraction of sp³-hybridized carbons (Fsp3) is 0.300. The Labute approximate surface area is 161 Å². The smallest absolute Gasteiger partial charge is 0.408 e. The molecular weight excluding hydrogens is 363 g/mol. The van der Waals surface area contributed by atoms with Gasteiger partial charge in [-0.3, -0.25) is 19.2 Å². The zero-order chi connectivity index (χ0) is 20.6. The molecule has 1 aromatic carbocycles. The first-order valence-electron chi connectivity index (χ1n) is 8.76. The first kappa shape index (κ1) is 19.5. The Morgan fingerprint density at radius 3 is 2.54 bits per heavy atom. The number of benzene rings is 1. The number of fused-ring (bicyclic) bond motifs is 1. The lowest BCUT2D eigenvalue weighted by Crippen LogP contribution is -2.47. The minimum absolute atomic E-state index is 0.153. The van der Waals surface area contributed by atoms with Crippen LogP contribution in [-0.4, -0.2) is 36.2 Å². The molecule has 3 aromatic rings. The van der Waals surface area contributed by atoms with Gasteiger partial charge in [0.2, 0.25) is 0 Å². The summed E-state index contributed by atoms with van der Waals surface area (Å²) < 4.78 is 15.6. The maximum atomic E-state index is 14.4. The molecule has 0 aliphatic heterocycles. The highest BCUT2D eigenvalue weighted by molar-refractivity contribution is 5.78. The van der Waals surface area contributed by atoms with E-state index in [0.29, 0.717) is 5.69 Å². The Morgan fingerprint density at radius 1 is 1.25 bits per heavy atom. The second-order valence-electron chi connectivity index (χ2n) is 7.46. The van der Waals surface area contributed by atoms with Crippen LogP contribution in [0, 0.1) is 5.82 Å². The fourth-order valence-corrected chi connectivity index (χ4v) is 3.37. The van der Waals surface area contributed by atoms with E-state index in [1.165, 1.54) is 33.9 Å². The maximum absolute atomic E-state index is 14.4. The maximum Gasteiger partial charge on any atom is 0.408 e. The van der Waals surface area contributed by atoms with Crippen molar-refractivity contribution in [1.29, 1.82) is 0 Å². The zero-order valence-corrected chi connectivity index (χ0v) is 16.0. The second-order valence-corrected chi connectivity index (χ2v) is 7.46. The van der Waals surface area contributed by atoms with Crippen molar-refractivity contribution in [2.75, 3.05) is 0 Å². The van der Waals surface area contributed by atoms with Gasteiger partial charge < -0.3 is 5.11 Å². The van der Waals surface area contributed by atoms with Crippen LogP contribution in [0.1, 0.15) is 39.6 Å². The molecule has 8 heteroatoms. The molecule has 2 aromatic heterocycles. The highest BCUT2D eigenvalue weighted by Crippen LogP contribution is 2.29. The van der Waals surface area contributed by atoms with Gasteiger partial charge in [-0.25, -0.2) is 14.2 Å². The number of hydrogen-bond donors (Lipinski definition) is 1. The normalized spacial score (nSPS) is 12.8. The second kappa shape index (κ2) is 7.03. The largest absolute Gasteiger partial charge is 0.465 e. The summed E-state index contributed by atoms with van der Waals surface area (Å²) in [5.41, 5.74) is -0.811. The number of pyridine rings is 1. The molecule has 0 radical (unpaired) electrons. The lowest BCUT2D eigenvalue weighted by Gasteiger charge is -2.38. The van der Waals surface area contributed by atoms with Gasteiger partial charge in [-0.15, -0.1) is 0 Å². The Kier molecular flexibility index (Phi) is 4.89. The Bertz CT molecular complexity index is 1090. The van der Waals surface area contributed by atoms with Gasteiger partial charge in [0.25, 0.3) is 5.56 Å². The molecule has 0 bridgehead atoms. The molecule has 0 fully saturated rings. The van der Waals surface area contributed by atoms with Crippen LogP contribution in [0.15, 0.2) is 47.5 Å². The number of carbonyl (C=O) groups is 1. The fourth-order valence-electron chi connectivity index (χ4n) is 3.37. The zero-order valence-electron chi connectivity index (χ0n) is 16.0. The van der Waals surface area contributed by atoms with Crippen LogP contribution in [0.25, 0.3) is 16.6 Å². The minimum Gasteiger partial charge on any atom is -0.465 e. The summed E-state index contributed by atoms with van der Waals surface area (Å²) >= 11 is 0. The van der Waals surface area contributed by atoms with E-state index >= 15 is 0 Å². The molecule has 1 atom stereocenters. The molecule has 1 unspecified atom stereocenters. The Hall–Kier alpha value is -3.29. The van der Waals surface area contributed by atoms with Crippen molar-refractivity contribution in [3.63, 3.8) is 0 Å². The number of hydrogen-bond acceptors (Lipinski definition) is 4. The first-order valence-corrected chi connectivity index (χ1v) is 8.76. The van der Waals surface area contributed by atoms with Crippen molar-refractivity contribution in [1.82, 2.24) is 19.4 Å². The van der Waals surface area contributed by atoms with Crippen LogP contribution in [0.4, 0.5) is 9.18 Å². The summed E-state index contributed by atoms with van der Waals surface area (Å²) in [5.74, 6) is -0.494. The third-order valence-electron chi connectivity index (χ3n) is 4.47. The van der Waals surface area contributed by atoms with Crippen molar-refractivity contribution in [2.24, 2.45) is 0 Å². The van der Waals surface area contributed by atoms with Gasteiger partial charge in [0.05, 0.1) is 23.4 Å². The predicted octanol–water partition coefficient (Wildman–Crippen LogP) is 3.76. The molecular formula is C20H21FN4O3. The van der Waals surface area contributed by atoms with Crippen LogP contribution in [0.2, 0.25) is 0 Å². The predicted molar refractivity (Wildman–Crippen MR) is 103 cm³/mol. The van der Waals surface area contributed by atoms with E-state index in [4.69, 9.17) is 0 Å². The molecule has 0 aliphatic rings. The molecule has 1 N–H and O–H groups in total. The number of halogens is 1. The average Bonchev–Trinajstić information content (AvgIpc) is 2.60. The van der Waals surface area contributed by atoms with Gasteiger partial charge in [0.15, 0.2) is 0 Å². The van der Waals surface area contributed by atoms with Gasteiger partial charge in [0, 0.05) is 11.7 Å². The molecule has 7 nitrogen and oxygen atoms in total. The van der Waals surface area contributed by atoms with Gasteiger partial charge in [-0.05, 0) is 52.0 Å². The average molecular weight is 384 g/mol. The number of aromatic nitrogens is 3. The summed E-state index contributed by atoms with van der Waals surface area (Å²) in [6.07, 6.45) is 1.85. The lowest BCUT2D eigenvalue weighted by atomic mass is 10.0. The van der Waals surface area contributed by atoms with Crippen LogP contribution in [0.3, 0.4) is 0 Å². The number of rotatable bonds is 3. The van der Waals surface area contributed by atoms with E-state index < -0.39 is 29.1 Å². The quantitative estimate of drug-likeness (QED) is 0.743. The molecule has 3 rings (SSSR count). The lowest BCUT2D eigenvalue weighted by molar-refractivity contribution is 0.0719. The molecule has 1 amide bonds. The summed E-state index contributed by atoms with van der Waals surface area (Å²) in [6.45, 7) is 6.92. The third-order valence-corrected chi connectivity index (χ3v) is 4.47. The Morgan fingerprint density at radius 2 is 1.96 bits per heavy atom. The topological polar surface area (TPSA) is 88.3 Å². The van der Waals surface area contributed by atoms with Crippen molar-refractivity contribution in [3.8, 4) is 5.69 Å². The van der Waals surface area contributed by atoms with E-state index in [1.807, 2.05) is 0 Å². The van der Waals surface area contributed by atoms with E-state index in [9.17, 15) is 19.1 Å². The monoisotopic (exact) mass is 384 g/mol. The number of nitrogens with zero attached hydrogens (tertiary/aromatic N) is 4. The van der Waals surface area contributed by atoms with E-state index in [1.54, 1.807) is 46.0 Å². The number of amides is 1. The molecule has 146 valence electrons. The van der Waals surface area contributed by atoms with Gasteiger partial charge in [0.1, 0.15) is 17.0 Å². The van der Waals surface area contributed by atoms with Crippen molar-refractivity contribution >= 4 is 17.0 Å². The van der Waals surface area contributed by atoms with Crippen molar-refractivity contribution < 1.29 is 14.3 Å². The first-order chi connectivity index (χ1) is 13.1. The molecule has 2 heterocycles. The summed E-state index contributed by atoms with van der Waals surface area (Å²) in [6, 6.07) is 6.69. The van der Waals surface area contributed by atoms with Crippen molar-refractivity contribution in [3.05, 3.63) is 64.7 Å². The summed E-state index contributed by atoms with van der Waals surface area (Å²) in [7, 11) is 0. The van der Waals surface area contributed by atoms with E-state index in [0.717, 1.165) is 0 Å². The highest BCUT2D eigenvalue weighted by Gasteiger charge is 2.34. The van der Waals surface area contributed by atoms with Crippen LogP contribution < -0.4 is 5.56 Å². The third kappa shape index (κ3) is 3.33. The Balaban J connectivity index is 2.39. The van der Waals surface area contributed by atoms with E-state index in [-0.39, 0.29) is 16.7 Å². The molecule has 0 aliphatic carbocycles. The van der Waals surface area contributed by atoms with Gasteiger partial charge in [-0.1, -0.05) is 6.07 Å². The molecule has 0 spiro atoms. The molecule has 28 heavy (non-hydrogen) atoms. The van der Waals surface area contributed by atoms with E-state index in [2.05, 4.69) is 9.97 Å². The van der Waals surface area contributed by atoms with Crippen LogP contribution in [0.5, 0.6) is 0 Å². The summed E-state index contributed by atoms with van der Waals surface area (Å²) in [5, 5.41) is 9.61. The van der Waals surface area contributed by atoms with Crippen LogP contribution >= 0.6 is 0 Å². The number of carboxylic acid groups (broad SMARTS) is 1. The summed E-state index contributed by atoms with van der Waals surface area (Å²) in [4.78, 5) is 34.9. The van der Waals surface area contributed by atoms with Gasteiger partial charge in [-0.2, -0.15) is 0 Å². The van der Waals surface area contributed by atoms with Gasteiger partial charge >= 0.3 is 6.09 Å². The van der Waals surface area contributed by atoms with Crippen molar-refractivity contribution in [2.45, 2.75) is 39.3 Å². The molecule has 0 saturated heterocycles. The minimum atomic E-state index is -1.15. The molecule has 0 saturated carbocycles. The highest BCUT2D eigenvalue weighted by atomic mass is 19.1. The van der Waals surface area contributed by atoms with Crippen LogP contribution in [-0.2, 0) is 0 Å².